The molecular weight excluding hydrogens is 352 g/mol. The Balaban J connectivity index is 1.54. The second kappa shape index (κ2) is 7.31. The number of nitrogens with zero attached hydrogens (tertiary/aromatic N) is 3. The van der Waals surface area contributed by atoms with Crippen LogP contribution >= 0.6 is 0 Å². The number of hydrogen-bond acceptors (Lipinski definition) is 3. The largest absolute Gasteiger partial charge is 0.322 e. The first kappa shape index (κ1) is 18.0. The molecule has 1 aliphatic heterocycles. The van der Waals surface area contributed by atoms with Crippen molar-refractivity contribution in [2.45, 2.75) is 26.7 Å². The standard InChI is InChI=1S/C22H22N4O2/c1-15-13-17(10-11-20(15)25-12-6-9-21(25)27)24-22(28)19-14-23-26(16(19)2)18-7-4-3-5-8-18/h3-5,7-8,10-11,13-14H,6,9,12H2,1-2H3,(H,24,28). The Hall–Kier alpha value is -3.41. The molecule has 1 N–H and O–H groups in total. The number of hydrogen-bond donors (Lipinski definition) is 1. The van der Waals surface area contributed by atoms with Gasteiger partial charge in [-0.1, -0.05) is 18.2 Å². The lowest BCUT2D eigenvalue weighted by atomic mass is 10.1. The van der Waals surface area contributed by atoms with Crippen molar-refractivity contribution in [2.24, 2.45) is 0 Å². The van der Waals surface area contributed by atoms with E-state index in [9.17, 15) is 9.59 Å². The van der Waals surface area contributed by atoms with Crippen LogP contribution in [0.15, 0.2) is 54.7 Å². The lowest BCUT2D eigenvalue weighted by Gasteiger charge is -2.19. The molecule has 1 aromatic heterocycles. The molecule has 142 valence electrons. The van der Waals surface area contributed by atoms with Crippen LogP contribution in [0, 0.1) is 13.8 Å². The summed E-state index contributed by atoms with van der Waals surface area (Å²) in [4.78, 5) is 26.5. The number of aryl methyl sites for hydroxylation is 1. The van der Waals surface area contributed by atoms with Gasteiger partial charge in [-0.3, -0.25) is 9.59 Å². The van der Waals surface area contributed by atoms with Gasteiger partial charge in [0.1, 0.15) is 0 Å². The number of rotatable bonds is 4. The van der Waals surface area contributed by atoms with E-state index in [-0.39, 0.29) is 11.8 Å². The predicted molar refractivity (Wildman–Crippen MR) is 109 cm³/mol. The summed E-state index contributed by atoms with van der Waals surface area (Å²) in [5.74, 6) is -0.0482. The van der Waals surface area contributed by atoms with Gasteiger partial charge < -0.3 is 10.2 Å². The minimum atomic E-state index is -0.205. The van der Waals surface area contributed by atoms with Gasteiger partial charge in [-0.2, -0.15) is 5.10 Å². The summed E-state index contributed by atoms with van der Waals surface area (Å²) in [6.45, 7) is 4.58. The number of para-hydroxylation sites is 1. The minimum Gasteiger partial charge on any atom is -0.322 e. The SMILES string of the molecule is Cc1cc(NC(=O)c2cnn(-c3ccccc3)c2C)ccc1N1CCCC1=O. The number of anilines is 2. The second-order valence-electron chi connectivity index (χ2n) is 7.00. The summed E-state index contributed by atoms with van der Waals surface area (Å²) < 4.78 is 1.75. The van der Waals surface area contributed by atoms with Crippen molar-refractivity contribution >= 4 is 23.2 Å². The summed E-state index contributed by atoms with van der Waals surface area (Å²) >= 11 is 0. The molecule has 4 rings (SSSR count). The first-order valence-corrected chi connectivity index (χ1v) is 9.37. The molecule has 0 saturated carbocycles. The van der Waals surface area contributed by atoms with Crippen molar-refractivity contribution in [3.05, 3.63) is 71.5 Å². The second-order valence-corrected chi connectivity index (χ2v) is 7.00. The van der Waals surface area contributed by atoms with Crippen LogP contribution in [0.5, 0.6) is 0 Å². The van der Waals surface area contributed by atoms with Crippen molar-refractivity contribution in [2.75, 3.05) is 16.8 Å². The third-order valence-corrected chi connectivity index (χ3v) is 5.07. The van der Waals surface area contributed by atoms with E-state index in [0.29, 0.717) is 17.7 Å². The zero-order valence-electron chi connectivity index (χ0n) is 16.0. The summed E-state index contributed by atoms with van der Waals surface area (Å²) in [6, 6.07) is 15.3. The fourth-order valence-corrected chi connectivity index (χ4v) is 3.60. The summed E-state index contributed by atoms with van der Waals surface area (Å²) in [5.41, 5.74) is 4.79. The predicted octanol–water partition coefficient (Wildman–Crippen LogP) is 3.87. The monoisotopic (exact) mass is 374 g/mol. The topological polar surface area (TPSA) is 67.2 Å². The van der Waals surface area contributed by atoms with Crippen LogP contribution in [-0.2, 0) is 4.79 Å². The van der Waals surface area contributed by atoms with E-state index in [1.807, 2.05) is 67.3 Å². The molecule has 6 nitrogen and oxygen atoms in total. The Labute approximate surface area is 163 Å². The van der Waals surface area contributed by atoms with Gasteiger partial charge in [0.05, 0.1) is 23.1 Å². The zero-order valence-corrected chi connectivity index (χ0v) is 16.0. The maximum absolute atomic E-state index is 12.8. The fraction of sp³-hybridized carbons (Fsp3) is 0.227. The molecule has 0 radical (unpaired) electrons. The molecule has 1 aliphatic rings. The highest BCUT2D eigenvalue weighted by Crippen LogP contribution is 2.27. The van der Waals surface area contributed by atoms with Gasteiger partial charge in [0.2, 0.25) is 5.91 Å². The average Bonchev–Trinajstić information content (AvgIpc) is 3.28. The van der Waals surface area contributed by atoms with Crippen LogP contribution < -0.4 is 10.2 Å². The number of nitrogens with one attached hydrogen (secondary N) is 1. The molecule has 3 aromatic rings. The Morgan fingerprint density at radius 2 is 1.89 bits per heavy atom. The normalized spacial score (nSPS) is 13.8. The third-order valence-electron chi connectivity index (χ3n) is 5.07. The van der Waals surface area contributed by atoms with E-state index in [0.717, 1.165) is 35.6 Å². The van der Waals surface area contributed by atoms with Gasteiger partial charge in [-0.25, -0.2) is 4.68 Å². The highest BCUT2D eigenvalue weighted by atomic mass is 16.2. The molecule has 0 atom stereocenters. The van der Waals surface area contributed by atoms with Crippen molar-refractivity contribution in [3.8, 4) is 5.69 Å². The van der Waals surface area contributed by atoms with Gasteiger partial charge >= 0.3 is 0 Å². The molecule has 1 saturated heterocycles. The maximum Gasteiger partial charge on any atom is 0.259 e. The summed E-state index contributed by atoms with van der Waals surface area (Å²) in [7, 11) is 0. The Morgan fingerprint density at radius 1 is 1.11 bits per heavy atom. The first-order chi connectivity index (χ1) is 13.5. The van der Waals surface area contributed by atoms with E-state index in [1.54, 1.807) is 10.9 Å². The smallest absolute Gasteiger partial charge is 0.259 e. The van der Waals surface area contributed by atoms with Gasteiger partial charge in [-0.15, -0.1) is 0 Å². The van der Waals surface area contributed by atoms with Crippen LogP contribution in [-0.4, -0.2) is 28.1 Å². The highest BCUT2D eigenvalue weighted by Gasteiger charge is 2.23. The summed E-state index contributed by atoms with van der Waals surface area (Å²) in [5, 5.41) is 7.29. The van der Waals surface area contributed by atoms with Crippen molar-refractivity contribution in [1.29, 1.82) is 0 Å². The number of carbonyl (C=O) groups is 2. The Bertz CT molecular complexity index is 1040. The van der Waals surface area contributed by atoms with Crippen LogP contribution in [0.4, 0.5) is 11.4 Å². The van der Waals surface area contributed by atoms with E-state index < -0.39 is 0 Å². The molecule has 28 heavy (non-hydrogen) atoms. The van der Waals surface area contributed by atoms with Crippen LogP contribution in [0.25, 0.3) is 5.69 Å². The van der Waals surface area contributed by atoms with Crippen LogP contribution in [0.1, 0.15) is 34.5 Å². The van der Waals surface area contributed by atoms with Crippen LogP contribution in [0.3, 0.4) is 0 Å². The molecule has 0 spiro atoms. The van der Waals surface area contributed by atoms with Crippen molar-refractivity contribution < 1.29 is 9.59 Å². The molecule has 1 fully saturated rings. The quantitative estimate of drug-likeness (QED) is 0.754. The van der Waals surface area contributed by atoms with Gasteiger partial charge in [0.25, 0.3) is 5.91 Å². The number of carbonyl (C=O) groups excluding carboxylic acids is 2. The van der Waals surface area contributed by atoms with E-state index in [4.69, 9.17) is 0 Å². The highest BCUT2D eigenvalue weighted by molar-refractivity contribution is 6.05. The van der Waals surface area contributed by atoms with E-state index in [1.165, 1.54) is 0 Å². The molecule has 0 unspecified atom stereocenters. The van der Waals surface area contributed by atoms with E-state index in [2.05, 4.69) is 10.4 Å². The molecular formula is C22H22N4O2. The lowest BCUT2D eigenvalue weighted by Crippen LogP contribution is -2.24. The average molecular weight is 374 g/mol. The van der Waals surface area contributed by atoms with Gasteiger partial charge in [0, 0.05) is 24.3 Å². The van der Waals surface area contributed by atoms with Crippen LogP contribution in [0.2, 0.25) is 0 Å². The van der Waals surface area contributed by atoms with Crippen molar-refractivity contribution in [3.63, 3.8) is 0 Å². The molecule has 0 bridgehead atoms. The third kappa shape index (κ3) is 3.29. The van der Waals surface area contributed by atoms with E-state index >= 15 is 0 Å². The lowest BCUT2D eigenvalue weighted by molar-refractivity contribution is -0.117. The first-order valence-electron chi connectivity index (χ1n) is 9.37. The number of benzene rings is 2. The van der Waals surface area contributed by atoms with Gasteiger partial charge in [-0.05, 0) is 56.2 Å². The number of aromatic nitrogens is 2. The maximum atomic E-state index is 12.8. The van der Waals surface area contributed by atoms with Gasteiger partial charge in [0.15, 0.2) is 0 Å². The summed E-state index contributed by atoms with van der Waals surface area (Å²) in [6.07, 6.45) is 3.08. The fourth-order valence-electron chi connectivity index (χ4n) is 3.60. The Kier molecular flexibility index (Phi) is 4.69. The molecule has 0 aliphatic carbocycles. The minimum absolute atomic E-state index is 0.156. The molecule has 2 heterocycles. The molecule has 2 amide bonds. The molecule has 2 aromatic carbocycles. The zero-order chi connectivity index (χ0) is 19.7. The Morgan fingerprint density at radius 3 is 2.57 bits per heavy atom. The van der Waals surface area contributed by atoms with Crippen molar-refractivity contribution in [1.82, 2.24) is 9.78 Å². The number of amides is 2. The molecule has 6 heteroatoms.